The lowest BCUT2D eigenvalue weighted by atomic mass is 10.2. The van der Waals surface area contributed by atoms with E-state index in [1.807, 2.05) is 7.05 Å². The molecule has 2 fully saturated rings. The Bertz CT molecular complexity index is 359. The molecule has 1 aliphatic carbocycles. The number of ether oxygens (including phenoxy) is 1. The van der Waals surface area contributed by atoms with Crippen molar-refractivity contribution in [2.24, 2.45) is 5.92 Å². The molecule has 1 heterocycles. The van der Waals surface area contributed by atoms with Crippen LogP contribution in [0.5, 0.6) is 0 Å². The van der Waals surface area contributed by atoms with Crippen molar-refractivity contribution in [1.82, 2.24) is 9.80 Å². The first-order valence-electron chi connectivity index (χ1n) is 7.48. The zero-order chi connectivity index (χ0) is 15.5. The summed E-state index contributed by atoms with van der Waals surface area (Å²) in [6.45, 7) is 2.94. The van der Waals surface area contributed by atoms with Crippen LogP contribution >= 0.6 is 0 Å². The molecular formula is C14H23F3N2O2. The Morgan fingerprint density at radius 1 is 1.33 bits per heavy atom. The second kappa shape index (κ2) is 6.96. The van der Waals surface area contributed by atoms with Crippen LogP contribution in [0.25, 0.3) is 0 Å². The summed E-state index contributed by atoms with van der Waals surface area (Å²) in [7, 11) is 2.02. The number of likely N-dealkylation sites (N-methyl/N-ethyl adjacent to an activating group) is 1. The van der Waals surface area contributed by atoms with E-state index in [1.165, 1.54) is 17.7 Å². The Labute approximate surface area is 123 Å². The molecule has 1 atom stereocenters. The first kappa shape index (κ1) is 16.5. The fourth-order valence-corrected chi connectivity index (χ4v) is 2.63. The van der Waals surface area contributed by atoms with Crippen molar-refractivity contribution in [3.05, 3.63) is 0 Å². The molecule has 4 nitrogen and oxygen atoms in total. The van der Waals surface area contributed by atoms with Gasteiger partial charge in [0, 0.05) is 32.6 Å². The molecule has 2 rings (SSSR count). The number of carbonyl (C=O) groups is 1. The summed E-state index contributed by atoms with van der Waals surface area (Å²) in [5.41, 5.74) is 0. The minimum Gasteiger partial charge on any atom is -0.373 e. The van der Waals surface area contributed by atoms with Crippen LogP contribution in [0.3, 0.4) is 0 Å². The summed E-state index contributed by atoms with van der Waals surface area (Å²) in [5, 5.41) is 0. The van der Waals surface area contributed by atoms with Crippen molar-refractivity contribution >= 4 is 5.91 Å². The van der Waals surface area contributed by atoms with Crippen molar-refractivity contribution in [1.29, 1.82) is 0 Å². The molecule has 7 heteroatoms. The largest absolute Gasteiger partial charge is 0.389 e. The minimum absolute atomic E-state index is 0.0997. The average Bonchev–Trinajstić information content (AvgIpc) is 3.19. The topological polar surface area (TPSA) is 32.8 Å². The second-order valence-electron chi connectivity index (χ2n) is 6.11. The SMILES string of the molecule is CN(CC1CC1)C[C@@H]1CN(C(=O)CCC(F)(F)F)CCO1. The lowest BCUT2D eigenvalue weighted by Crippen LogP contribution is -2.49. The zero-order valence-electron chi connectivity index (χ0n) is 12.4. The van der Waals surface area contributed by atoms with E-state index in [9.17, 15) is 18.0 Å². The van der Waals surface area contributed by atoms with E-state index in [4.69, 9.17) is 4.74 Å². The average molecular weight is 308 g/mol. The van der Waals surface area contributed by atoms with E-state index >= 15 is 0 Å². The third kappa shape index (κ3) is 6.22. The zero-order valence-corrected chi connectivity index (χ0v) is 12.4. The van der Waals surface area contributed by atoms with Gasteiger partial charge >= 0.3 is 6.18 Å². The smallest absolute Gasteiger partial charge is 0.373 e. The molecule has 21 heavy (non-hydrogen) atoms. The standard InChI is InChI=1S/C14H23F3N2O2/c1-18(8-11-2-3-11)9-12-10-19(6-7-21-12)13(20)4-5-14(15,16)17/h11-12H,2-10H2,1H3/t12-/m1/s1. The Morgan fingerprint density at radius 3 is 2.67 bits per heavy atom. The molecular weight excluding hydrogens is 285 g/mol. The highest BCUT2D eigenvalue weighted by Gasteiger charge is 2.31. The van der Waals surface area contributed by atoms with E-state index in [0.29, 0.717) is 19.7 Å². The highest BCUT2D eigenvalue weighted by atomic mass is 19.4. The first-order chi connectivity index (χ1) is 9.83. The van der Waals surface area contributed by atoms with Crippen molar-refractivity contribution < 1.29 is 22.7 Å². The summed E-state index contributed by atoms with van der Waals surface area (Å²) in [4.78, 5) is 15.5. The van der Waals surface area contributed by atoms with Crippen LogP contribution in [-0.2, 0) is 9.53 Å². The van der Waals surface area contributed by atoms with Gasteiger partial charge in [-0.15, -0.1) is 0 Å². The molecule has 1 aliphatic heterocycles. The van der Waals surface area contributed by atoms with Gasteiger partial charge in [-0.25, -0.2) is 0 Å². The molecule has 0 N–H and O–H groups in total. The molecule has 1 amide bonds. The predicted molar refractivity (Wildman–Crippen MR) is 71.8 cm³/mol. The van der Waals surface area contributed by atoms with Gasteiger partial charge in [0.2, 0.25) is 5.91 Å². The Morgan fingerprint density at radius 2 is 2.05 bits per heavy atom. The van der Waals surface area contributed by atoms with Crippen molar-refractivity contribution in [2.45, 2.75) is 38.0 Å². The molecule has 0 bridgehead atoms. The normalized spacial score (nSPS) is 23.7. The maximum absolute atomic E-state index is 12.2. The van der Waals surface area contributed by atoms with E-state index in [1.54, 1.807) is 0 Å². The van der Waals surface area contributed by atoms with Gasteiger partial charge in [0.15, 0.2) is 0 Å². The molecule has 0 spiro atoms. The molecule has 1 saturated carbocycles. The lowest BCUT2D eigenvalue weighted by molar-refractivity contribution is -0.153. The van der Waals surface area contributed by atoms with Gasteiger partial charge in [-0.2, -0.15) is 13.2 Å². The Kier molecular flexibility index (Phi) is 5.48. The fourth-order valence-electron chi connectivity index (χ4n) is 2.63. The van der Waals surface area contributed by atoms with Gasteiger partial charge in [-0.05, 0) is 25.8 Å². The quantitative estimate of drug-likeness (QED) is 0.751. The van der Waals surface area contributed by atoms with Gasteiger partial charge in [0.05, 0.1) is 19.1 Å². The summed E-state index contributed by atoms with van der Waals surface area (Å²) < 4.78 is 42.1. The minimum atomic E-state index is -4.27. The van der Waals surface area contributed by atoms with Crippen molar-refractivity contribution in [3.8, 4) is 0 Å². The van der Waals surface area contributed by atoms with Crippen LogP contribution in [0.4, 0.5) is 13.2 Å². The van der Waals surface area contributed by atoms with Crippen LogP contribution in [0.1, 0.15) is 25.7 Å². The van der Waals surface area contributed by atoms with E-state index < -0.39 is 24.9 Å². The maximum atomic E-state index is 12.2. The molecule has 0 aromatic rings. The van der Waals surface area contributed by atoms with E-state index in [0.717, 1.165) is 19.0 Å². The number of morpholine rings is 1. The summed E-state index contributed by atoms with van der Waals surface area (Å²) in [6, 6.07) is 0. The third-order valence-electron chi connectivity index (χ3n) is 3.90. The van der Waals surface area contributed by atoms with Crippen molar-refractivity contribution in [2.75, 3.05) is 39.8 Å². The van der Waals surface area contributed by atoms with Gasteiger partial charge in [0.1, 0.15) is 0 Å². The van der Waals surface area contributed by atoms with E-state index in [-0.39, 0.29) is 6.10 Å². The van der Waals surface area contributed by atoms with Gasteiger partial charge in [-0.3, -0.25) is 4.79 Å². The fraction of sp³-hybridized carbons (Fsp3) is 0.929. The predicted octanol–water partition coefficient (Wildman–Crippen LogP) is 1.90. The monoisotopic (exact) mass is 308 g/mol. The highest BCUT2D eigenvalue weighted by Crippen LogP contribution is 2.29. The molecule has 0 radical (unpaired) electrons. The van der Waals surface area contributed by atoms with Crippen LogP contribution in [0.2, 0.25) is 0 Å². The maximum Gasteiger partial charge on any atom is 0.389 e. The van der Waals surface area contributed by atoms with Crippen LogP contribution in [0, 0.1) is 5.92 Å². The number of carbonyl (C=O) groups excluding carboxylic acids is 1. The first-order valence-corrected chi connectivity index (χ1v) is 7.48. The van der Waals surface area contributed by atoms with Crippen LogP contribution in [0.15, 0.2) is 0 Å². The molecule has 122 valence electrons. The molecule has 0 aromatic carbocycles. The number of hydrogen-bond donors (Lipinski definition) is 0. The Hall–Kier alpha value is -0.820. The van der Waals surface area contributed by atoms with Gasteiger partial charge in [-0.1, -0.05) is 0 Å². The van der Waals surface area contributed by atoms with Crippen molar-refractivity contribution in [3.63, 3.8) is 0 Å². The number of alkyl halides is 3. The molecule has 0 aromatic heterocycles. The lowest BCUT2D eigenvalue weighted by Gasteiger charge is -2.35. The number of amides is 1. The van der Waals surface area contributed by atoms with Gasteiger partial charge in [0.25, 0.3) is 0 Å². The summed E-state index contributed by atoms with van der Waals surface area (Å²) >= 11 is 0. The van der Waals surface area contributed by atoms with Crippen LogP contribution < -0.4 is 0 Å². The second-order valence-corrected chi connectivity index (χ2v) is 6.11. The summed E-state index contributed by atoms with van der Waals surface area (Å²) in [5.74, 6) is 0.355. The van der Waals surface area contributed by atoms with Gasteiger partial charge < -0.3 is 14.5 Å². The van der Waals surface area contributed by atoms with E-state index in [2.05, 4.69) is 4.90 Å². The Balaban J connectivity index is 1.72. The summed E-state index contributed by atoms with van der Waals surface area (Å²) in [6.07, 6.45) is -3.33. The molecule has 0 unspecified atom stereocenters. The number of nitrogens with zero attached hydrogens (tertiary/aromatic N) is 2. The highest BCUT2D eigenvalue weighted by molar-refractivity contribution is 5.76. The third-order valence-corrected chi connectivity index (χ3v) is 3.90. The molecule has 1 saturated heterocycles. The number of rotatable bonds is 6. The molecule has 2 aliphatic rings. The number of halogens is 3. The van der Waals surface area contributed by atoms with Crippen LogP contribution in [-0.4, -0.2) is 67.8 Å². The number of hydrogen-bond acceptors (Lipinski definition) is 3.